The molecular formula is C11H15BrN2O3S. The van der Waals surface area contributed by atoms with E-state index in [4.69, 9.17) is 4.42 Å². The van der Waals surface area contributed by atoms with Gasteiger partial charge in [-0.25, -0.2) is 13.1 Å². The third-order valence-electron chi connectivity index (χ3n) is 2.50. The van der Waals surface area contributed by atoms with Crippen LogP contribution in [0.5, 0.6) is 0 Å². The molecule has 18 heavy (non-hydrogen) atoms. The van der Waals surface area contributed by atoms with E-state index in [1.807, 2.05) is 0 Å². The van der Waals surface area contributed by atoms with Crippen LogP contribution in [-0.2, 0) is 16.6 Å². The predicted octanol–water partition coefficient (Wildman–Crippen LogP) is 1.72. The maximum Gasteiger partial charge on any atom is 0.274 e. The molecule has 1 aliphatic carbocycles. The molecule has 0 spiro atoms. The number of furan rings is 1. The Bertz CT molecular complexity index is 534. The molecule has 0 radical (unpaired) electrons. The smallest absolute Gasteiger partial charge is 0.274 e. The maximum atomic E-state index is 11.8. The molecule has 0 atom stereocenters. The third-order valence-corrected chi connectivity index (χ3v) is 4.05. The van der Waals surface area contributed by atoms with Crippen LogP contribution in [0.1, 0.15) is 18.6 Å². The molecule has 1 aromatic rings. The van der Waals surface area contributed by atoms with Gasteiger partial charge in [0, 0.05) is 17.1 Å². The van der Waals surface area contributed by atoms with Crippen molar-refractivity contribution in [1.29, 1.82) is 0 Å². The molecule has 7 heteroatoms. The van der Waals surface area contributed by atoms with Crippen molar-refractivity contribution in [3.05, 3.63) is 29.0 Å². The van der Waals surface area contributed by atoms with E-state index in [1.54, 1.807) is 6.07 Å². The second-order valence-electron chi connectivity index (χ2n) is 4.22. The van der Waals surface area contributed by atoms with Gasteiger partial charge >= 0.3 is 0 Å². The topological polar surface area (TPSA) is 71.3 Å². The summed E-state index contributed by atoms with van der Waals surface area (Å²) in [6, 6.07) is 3.70. The molecule has 0 bridgehead atoms. The minimum atomic E-state index is -3.59. The maximum absolute atomic E-state index is 11.8. The molecule has 0 aromatic carbocycles. The minimum Gasteiger partial charge on any atom is -0.447 e. The number of nitrogens with one attached hydrogen (secondary N) is 2. The van der Waals surface area contributed by atoms with E-state index in [0.29, 0.717) is 22.8 Å². The summed E-state index contributed by atoms with van der Waals surface area (Å²) in [5.74, 6) is 0.625. The average Bonchev–Trinajstić information content (AvgIpc) is 3.00. The molecule has 1 heterocycles. The number of hydrogen-bond acceptors (Lipinski definition) is 4. The molecule has 0 saturated heterocycles. The van der Waals surface area contributed by atoms with Crippen LogP contribution in [0.2, 0.25) is 0 Å². The lowest BCUT2D eigenvalue weighted by atomic mass is 10.4. The first kappa shape index (κ1) is 13.8. The second kappa shape index (κ2) is 5.56. The average molecular weight is 335 g/mol. The van der Waals surface area contributed by atoms with E-state index in [9.17, 15) is 8.42 Å². The summed E-state index contributed by atoms with van der Waals surface area (Å²) in [6.45, 7) is 4.26. The van der Waals surface area contributed by atoms with Crippen molar-refractivity contribution in [2.75, 3.05) is 6.54 Å². The Hall–Kier alpha value is -0.630. The molecule has 0 unspecified atom stereocenters. The van der Waals surface area contributed by atoms with Gasteiger partial charge in [-0.05, 0) is 25.0 Å². The van der Waals surface area contributed by atoms with E-state index < -0.39 is 10.0 Å². The molecule has 2 N–H and O–H groups in total. The largest absolute Gasteiger partial charge is 0.447 e. The number of halogens is 1. The Balaban J connectivity index is 1.96. The molecule has 0 amide bonds. The summed E-state index contributed by atoms with van der Waals surface area (Å²) in [4.78, 5) is 0. The lowest BCUT2D eigenvalue weighted by Crippen LogP contribution is -2.24. The summed E-state index contributed by atoms with van der Waals surface area (Å²) >= 11 is 3.09. The predicted molar refractivity (Wildman–Crippen MR) is 71.8 cm³/mol. The van der Waals surface area contributed by atoms with Gasteiger partial charge < -0.3 is 9.73 Å². The van der Waals surface area contributed by atoms with Crippen molar-refractivity contribution in [3.8, 4) is 0 Å². The Morgan fingerprint density at radius 3 is 2.83 bits per heavy atom. The summed E-state index contributed by atoms with van der Waals surface area (Å²) in [6.07, 6.45) is 2.36. The molecular weight excluding hydrogens is 320 g/mol. The second-order valence-corrected chi connectivity index (χ2v) is 7.04. The van der Waals surface area contributed by atoms with Gasteiger partial charge in [0.25, 0.3) is 10.0 Å². The highest BCUT2D eigenvalue weighted by Gasteiger charge is 2.22. The lowest BCUT2D eigenvalue weighted by molar-refractivity contribution is 0.400. The van der Waals surface area contributed by atoms with E-state index in [1.165, 1.54) is 18.9 Å². The fraction of sp³-hybridized carbons (Fsp3) is 0.455. The first-order chi connectivity index (χ1) is 8.47. The Morgan fingerprint density at radius 1 is 1.50 bits per heavy atom. The Morgan fingerprint density at radius 2 is 2.22 bits per heavy atom. The normalized spacial score (nSPS) is 15.8. The summed E-state index contributed by atoms with van der Waals surface area (Å²) in [7, 11) is -3.59. The van der Waals surface area contributed by atoms with Crippen molar-refractivity contribution in [1.82, 2.24) is 10.0 Å². The highest BCUT2D eigenvalue weighted by atomic mass is 79.9. The van der Waals surface area contributed by atoms with Gasteiger partial charge in [-0.3, -0.25) is 0 Å². The standard InChI is InChI=1S/C11H15BrN2O3S/c1-8(12)6-14-18(15,16)11-5-4-10(17-11)7-13-9-2-3-9/h4-5,9,13-14H,1-3,6-7H2. The molecule has 1 saturated carbocycles. The van der Waals surface area contributed by atoms with Gasteiger partial charge in [0.15, 0.2) is 0 Å². The van der Waals surface area contributed by atoms with Crippen LogP contribution in [0.25, 0.3) is 0 Å². The molecule has 0 aliphatic heterocycles. The Labute approximate surface area is 115 Å². The van der Waals surface area contributed by atoms with Crippen LogP contribution in [0, 0.1) is 0 Å². The lowest BCUT2D eigenvalue weighted by Gasteiger charge is -2.03. The zero-order chi connectivity index (χ0) is 13.2. The quantitative estimate of drug-likeness (QED) is 0.796. The van der Waals surface area contributed by atoms with Crippen LogP contribution >= 0.6 is 15.9 Å². The van der Waals surface area contributed by atoms with Crippen LogP contribution < -0.4 is 10.0 Å². The van der Waals surface area contributed by atoms with E-state index in [2.05, 4.69) is 32.5 Å². The van der Waals surface area contributed by atoms with Crippen LogP contribution in [0.4, 0.5) is 0 Å². The fourth-order valence-corrected chi connectivity index (χ4v) is 2.67. The van der Waals surface area contributed by atoms with Crippen LogP contribution in [0.15, 0.2) is 32.7 Å². The first-order valence-corrected chi connectivity index (χ1v) is 7.90. The Kier molecular flexibility index (Phi) is 4.26. The zero-order valence-corrected chi connectivity index (χ0v) is 12.2. The van der Waals surface area contributed by atoms with Gasteiger partial charge in [-0.1, -0.05) is 22.5 Å². The summed E-state index contributed by atoms with van der Waals surface area (Å²) < 4.78 is 31.9. The first-order valence-electron chi connectivity index (χ1n) is 5.62. The van der Waals surface area contributed by atoms with Gasteiger partial charge in [0.05, 0.1) is 6.54 Å². The molecule has 100 valence electrons. The summed E-state index contributed by atoms with van der Waals surface area (Å²) in [5.41, 5.74) is 0. The monoisotopic (exact) mass is 334 g/mol. The van der Waals surface area contributed by atoms with Gasteiger partial charge in [0.1, 0.15) is 5.76 Å². The number of rotatable bonds is 7. The van der Waals surface area contributed by atoms with E-state index >= 15 is 0 Å². The number of sulfonamides is 1. The molecule has 1 aliphatic rings. The van der Waals surface area contributed by atoms with Crippen molar-refractivity contribution in [2.24, 2.45) is 0 Å². The van der Waals surface area contributed by atoms with Gasteiger partial charge in [-0.2, -0.15) is 0 Å². The van der Waals surface area contributed by atoms with Crippen molar-refractivity contribution in [3.63, 3.8) is 0 Å². The van der Waals surface area contributed by atoms with Crippen LogP contribution in [-0.4, -0.2) is 21.0 Å². The van der Waals surface area contributed by atoms with Crippen molar-refractivity contribution in [2.45, 2.75) is 30.5 Å². The molecule has 5 nitrogen and oxygen atoms in total. The molecule has 2 rings (SSSR count). The summed E-state index contributed by atoms with van der Waals surface area (Å²) in [5, 5.41) is 3.19. The molecule has 1 fully saturated rings. The van der Waals surface area contributed by atoms with Gasteiger partial charge in [-0.15, -0.1) is 0 Å². The van der Waals surface area contributed by atoms with Crippen LogP contribution in [0.3, 0.4) is 0 Å². The highest BCUT2D eigenvalue weighted by Crippen LogP contribution is 2.20. The minimum absolute atomic E-state index is 0.0659. The van der Waals surface area contributed by atoms with E-state index in [-0.39, 0.29) is 11.6 Å². The third kappa shape index (κ3) is 3.94. The van der Waals surface area contributed by atoms with E-state index in [0.717, 1.165) is 0 Å². The SMILES string of the molecule is C=C(Br)CNS(=O)(=O)c1ccc(CNC2CC2)o1. The van der Waals surface area contributed by atoms with Gasteiger partial charge in [0.2, 0.25) is 5.09 Å². The fourth-order valence-electron chi connectivity index (χ4n) is 1.37. The van der Waals surface area contributed by atoms with Crippen molar-refractivity contribution < 1.29 is 12.8 Å². The zero-order valence-electron chi connectivity index (χ0n) is 9.78. The highest BCUT2D eigenvalue weighted by molar-refractivity contribution is 9.11. The number of hydrogen-bond donors (Lipinski definition) is 2. The van der Waals surface area contributed by atoms with Crippen molar-refractivity contribution >= 4 is 26.0 Å². The molecule has 1 aromatic heterocycles.